The zero-order valence-corrected chi connectivity index (χ0v) is 17.4. The lowest BCUT2D eigenvalue weighted by Gasteiger charge is -2.29. The van der Waals surface area contributed by atoms with Crippen LogP contribution >= 0.6 is 11.6 Å². The highest BCUT2D eigenvalue weighted by Gasteiger charge is 2.28. The Bertz CT molecular complexity index is 1040. The molecule has 3 aromatic rings. The van der Waals surface area contributed by atoms with Crippen molar-refractivity contribution in [1.29, 1.82) is 0 Å². The summed E-state index contributed by atoms with van der Waals surface area (Å²) < 4.78 is 39.8. The van der Waals surface area contributed by atoms with E-state index < -0.39 is 12.7 Å². The van der Waals surface area contributed by atoms with Crippen molar-refractivity contribution in [3.8, 4) is 0 Å². The second-order valence-corrected chi connectivity index (χ2v) is 8.16. The number of rotatable bonds is 6. The summed E-state index contributed by atoms with van der Waals surface area (Å²) in [4.78, 5) is 13.0. The van der Waals surface area contributed by atoms with Gasteiger partial charge in [0.2, 0.25) is 11.9 Å². The SMILES string of the molecule is NCC1CCC(n2c(Nc3cccc(Cl)c3)nc3cnc(NCC(F)(F)F)nc32)CC1. The van der Waals surface area contributed by atoms with Crippen molar-refractivity contribution in [2.45, 2.75) is 37.9 Å². The number of imidazole rings is 1. The Labute approximate surface area is 182 Å². The van der Waals surface area contributed by atoms with Crippen molar-refractivity contribution in [2.24, 2.45) is 11.7 Å². The van der Waals surface area contributed by atoms with Crippen LogP contribution < -0.4 is 16.4 Å². The molecule has 0 spiro atoms. The summed E-state index contributed by atoms with van der Waals surface area (Å²) in [6, 6.07) is 7.33. The first-order chi connectivity index (χ1) is 14.8. The van der Waals surface area contributed by atoms with E-state index in [1.165, 1.54) is 6.20 Å². The molecule has 1 aromatic carbocycles. The number of nitrogens with two attached hydrogens (primary N) is 1. The number of fused-ring (bicyclic) bond motifs is 1. The zero-order valence-electron chi connectivity index (χ0n) is 16.7. The Morgan fingerprint density at radius 3 is 2.61 bits per heavy atom. The van der Waals surface area contributed by atoms with Crippen LogP contribution in [0.2, 0.25) is 5.02 Å². The number of hydrogen-bond donors (Lipinski definition) is 3. The Hall–Kier alpha value is -2.59. The molecule has 166 valence electrons. The molecule has 0 bridgehead atoms. The normalized spacial score (nSPS) is 19.5. The Balaban J connectivity index is 1.71. The predicted octanol–water partition coefficient (Wildman–Crippen LogP) is 4.89. The lowest BCUT2D eigenvalue weighted by Crippen LogP contribution is -2.24. The molecule has 0 amide bonds. The Morgan fingerprint density at radius 2 is 1.94 bits per heavy atom. The van der Waals surface area contributed by atoms with Gasteiger partial charge in [-0.25, -0.2) is 9.97 Å². The minimum atomic E-state index is -4.36. The summed E-state index contributed by atoms with van der Waals surface area (Å²) in [6.45, 7) is -0.555. The van der Waals surface area contributed by atoms with Gasteiger partial charge in [0.05, 0.1) is 6.20 Å². The summed E-state index contributed by atoms with van der Waals surface area (Å²) in [6.07, 6.45) is 0.786. The van der Waals surface area contributed by atoms with Crippen molar-refractivity contribution in [2.75, 3.05) is 23.7 Å². The number of benzene rings is 1. The van der Waals surface area contributed by atoms with Gasteiger partial charge >= 0.3 is 6.18 Å². The second kappa shape index (κ2) is 8.88. The molecule has 31 heavy (non-hydrogen) atoms. The van der Waals surface area contributed by atoms with E-state index in [4.69, 9.17) is 17.3 Å². The molecule has 1 aliphatic rings. The highest BCUT2D eigenvalue weighted by Crippen LogP contribution is 2.37. The number of nitrogens with zero attached hydrogens (tertiary/aromatic N) is 4. The summed E-state index contributed by atoms with van der Waals surface area (Å²) in [7, 11) is 0. The van der Waals surface area contributed by atoms with Crippen LogP contribution in [0.5, 0.6) is 0 Å². The minimum Gasteiger partial charge on any atom is -0.345 e. The quantitative estimate of drug-likeness (QED) is 0.492. The smallest absolute Gasteiger partial charge is 0.345 e. The predicted molar refractivity (Wildman–Crippen MR) is 115 cm³/mol. The molecule has 2 heterocycles. The molecule has 11 heteroatoms. The van der Waals surface area contributed by atoms with Crippen LogP contribution in [0, 0.1) is 5.92 Å². The van der Waals surface area contributed by atoms with E-state index in [1.54, 1.807) is 12.1 Å². The van der Waals surface area contributed by atoms with Crippen molar-refractivity contribution in [1.82, 2.24) is 19.5 Å². The molecular weight excluding hydrogens is 431 g/mol. The van der Waals surface area contributed by atoms with Crippen molar-refractivity contribution < 1.29 is 13.2 Å². The maximum absolute atomic E-state index is 12.6. The van der Waals surface area contributed by atoms with Crippen molar-refractivity contribution >= 4 is 40.3 Å². The summed E-state index contributed by atoms with van der Waals surface area (Å²) in [5.41, 5.74) is 7.57. The van der Waals surface area contributed by atoms with Crippen LogP contribution in [0.3, 0.4) is 0 Å². The van der Waals surface area contributed by atoms with Gasteiger partial charge in [0.15, 0.2) is 5.65 Å². The van der Waals surface area contributed by atoms with Gasteiger partial charge in [0.25, 0.3) is 0 Å². The van der Waals surface area contributed by atoms with Gasteiger partial charge in [0.1, 0.15) is 12.1 Å². The largest absolute Gasteiger partial charge is 0.405 e. The molecule has 0 atom stereocenters. The van der Waals surface area contributed by atoms with Crippen LogP contribution in [-0.4, -0.2) is 38.8 Å². The molecule has 0 aliphatic heterocycles. The zero-order chi connectivity index (χ0) is 22.0. The minimum absolute atomic E-state index is 0.0871. The highest BCUT2D eigenvalue weighted by molar-refractivity contribution is 6.30. The van der Waals surface area contributed by atoms with E-state index in [0.717, 1.165) is 31.4 Å². The average Bonchev–Trinajstić information content (AvgIpc) is 3.09. The van der Waals surface area contributed by atoms with Gasteiger partial charge < -0.3 is 16.4 Å². The third-order valence-corrected chi connectivity index (χ3v) is 5.71. The van der Waals surface area contributed by atoms with Crippen LogP contribution in [0.4, 0.5) is 30.8 Å². The van der Waals surface area contributed by atoms with Crippen molar-refractivity contribution in [3.63, 3.8) is 0 Å². The van der Waals surface area contributed by atoms with E-state index in [0.29, 0.717) is 34.6 Å². The number of hydrogen-bond acceptors (Lipinski definition) is 6. The topological polar surface area (TPSA) is 93.7 Å². The first kappa shape index (κ1) is 21.6. The van der Waals surface area contributed by atoms with Gasteiger partial charge in [-0.2, -0.15) is 18.2 Å². The number of halogens is 4. The highest BCUT2D eigenvalue weighted by atomic mass is 35.5. The van der Waals surface area contributed by atoms with Crippen LogP contribution in [0.1, 0.15) is 31.7 Å². The summed E-state index contributed by atoms with van der Waals surface area (Å²) in [5.74, 6) is 0.945. The maximum Gasteiger partial charge on any atom is 0.405 e. The average molecular weight is 454 g/mol. The fourth-order valence-corrected chi connectivity index (χ4v) is 4.11. The number of nitrogens with one attached hydrogen (secondary N) is 2. The van der Waals surface area contributed by atoms with Gasteiger partial charge in [-0.15, -0.1) is 0 Å². The summed E-state index contributed by atoms with van der Waals surface area (Å²) >= 11 is 6.10. The molecule has 0 saturated heterocycles. The van der Waals surface area contributed by atoms with Gasteiger partial charge in [-0.1, -0.05) is 17.7 Å². The molecule has 1 aliphatic carbocycles. The third kappa shape index (κ3) is 5.19. The molecule has 1 saturated carbocycles. The van der Waals surface area contributed by atoms with Gasteiger partial charge in [-0.3, -0.25) is 4.57 Å². The summed E-state index contributed by atoms with van der Waals surface area (Å²) in [5, 5.41) is 6.10. The second-order valence-electron chi connectivity index (χ2n) is 7.72. The first-order valence-electron chi connectivity index (χ1n) is 10.1. The van der Waals surface area contributed by atoms with Gasteiger partial charge in [0, 0.05) is 16.8 Å². The third-order valence-electron chi connectivity index (χ3n) is 5.48. The molecular formula is C20H23ClF3N7. The fraction of sp³-hybridized carbons (Fsp3) is 0.450. The Morgan fingerprint density at radius 1 is 1.16 bits per heavy atom. The Kier molecular flexibility index (Phi) is 6.19. The van der Waals surface area contributed by atoms with E-state index in [2.05, 4.69) is 25.6 Å². The molecule has 2 aromatic heterocycles. The number of alkyl halides is 3. The number of anilines is 3. The fourth-order valence-electron chi connectivity index (χ4n) is 3.92. The molecule has 4 rings (SSSR count). The first-order valence-corrected chi connectivity index (χ1v) is 10.5. The molecule has 7 nitrogen and oxygen atoms in total. The lowest BCUT2D eigenvalue weighted by molar-refractivity contribution is -0.115. The molecule has 4 N–H and O–H groups in total. The van der Waals surface area contributed by atoms with Crippen LogP contribution in [0.15, 0.2) is 30.5 Å². The van der Waals surface area contributed by atoms with Crippen LogP contribution in [-0.2, 0) is 0 Å². The molecule has 0 radical (unpaired) electrons. The van der Waals surface area contributed by atoms with Crippen molar-refractivity contribution in [3.05, 3.63) is 35.5 Å². The molecule has 1 fully saturated rings. The van der Waals surface area contributed by atoms with E-state index >= 15 is 0 Å². The van der Waals surface area contributed by atoms with Gasteiger partial charge in [-0.05, 0) is 56.3 Å². The van der Waals surface area contributed by atoms with E-state index in [-0.39, 0.29) is 12.0 Å². The van der Waals surface area contributed by atoms with E-state index in [1.807, 2.05) is 16.7 Å². The maximum atomic E-state index is 12.6. The van der Waals surface area contributed by atoms with Crippen LogP contribution in [0.25, 0.3) is 11.2 Å². The standard InChI is InChI=1S/C20H23ClF3N7/c21-13-2-1-3-14(8-13)28-19-29-16-10-26-18(27-11-20(22,23)24)30-17(16)31(19)15-6-4-12(9-25)5-7-15/h1-3,8,10,12,15H,4-7,9,11,25H2,(H,28,29)(H,26,27,30). The monoisotopic (exact) mass is 453 g/mol. The number of aromatic nitrogens is 4. The molecule has 0 unspecified atom stereocenters. The lowest BCUT2D eigenvalue weighted by atomic mass is 9.86. The van der Waals surface area contributed by atoms with E-state index in [9.17, 15) is 13.2 Å².